The number of nitrogens with one attached hydrogen (secondary N) is 1. The highest BCUT2D eigenvalue weighted by Crippen LogP contribution is 2.19. The summed E-state index contributed by atoms with van der Waals surface area (Å²) in [6.07, 6.45) is 1.10. The minimum Gasteiger partial charge on any atom is -0.345 e. The third-order valence-electron chi connectivity index (χ3n) is 2.76. The molecular weight excluding hydrogens is 234 g/mol. The molecule has 1 atom stereocenters. The van der Waals surface area contributed by atoms with E-state index in [0.29, 0.717) is 6.42 Å². The van der Waals surface area contributed by atoms with Gasteiger partial charge < -0.3 is 5.32 Å². The first kappa shape index (κ1) is 12.2. The molecule has 4 heteroatoms. The first-order chi connectivity index (χ1) is 8.15. The highest BCUT2D eigenvalue weighted by Gasteiger charge is 2.26. The first-order valence-corrected chi connectivity index (χ1v) is 6.65. The summed E-state index contributed by atoms with van der Waals surface area (Å²) >= 11 is 1.30. The van der Waals surface area contributed by atoms with E-state index in [1.54, 1.807) is 0 Å². The lowest BCUT2D eigenvalue weighted by atomic mass is 10.1. The highest BCUT2D eigenvalue weighted by molar-refractivity contribution is 8.14. The van der Waals surface area contributed by atoms with Crippen LogP contribution in [-0.2, 0) is 16.0 Å². The van der Waals surface area contributed by atoms with Gasteiger partial charge in [0, 0.05) is 5.75 Å². The number of hydrogen-bond donors (Lipinski definition) is 1. The quantitative estimate of drug-likeness (QED) is 0.886. The normalized spacial score (nSPS) is 19.4. The van der Waals surface area contributed by atoms with E-state index in [9.17, 15) is 9.59 Å². The van der Waals surface area contributed by atoms with Crippen molar-refractivity contribution in [2.75, 3.05) is 5.75 Å². The predicted molar refractivity (Wildman–Crippen MR) is 68.9 cm³/mol. The van der Waals surface area contributed by atoms with Crippen molar-refractivity contribution < 1.29 is 9.59 Å². The molecule has 1 aliphatic heterocycles. The van der Waals surface area contributed by atoms with Crippen molar-refractivity contribution >= 4 is 22.8 Å². The van der Waals surface area contributed by atoms with Gasteiger partial charge in [-0.2, -0.15) is 0 Å². The Bertz CT molecular complexity index is 428. The summed E-state index contributed by atoms with van der Waals surface area (Å²) in [6.45, 7) is 2.01. The van der Waals surface area contributed by atoms with Crippen LogP contribution in [0.15, 0.2) is 24.3 Å². The second-order valence-corrected chi connectivity index (χ2v) is 5.34. The summed E-state index contributed by atoms with van der Waals surface area (Å²) in [5.41, 5.74) is 2.16. The molecule has 1 heterocycles. The molecule has 0 spiro atoms. The van der Waals surface area contributed by atoms with E-state index in [0.717, 1.165) is 17.7 Å². The van der Waals surface area contributed by atoms with Crippen LogP contribution in [0, 0.1) is 6.92 Å². The van der Waals surface area contributed by atoms with Crippen LogP contribution in [0.5, 0.6) is 0 Å². The van der Waals surface area contributed by atoms with Gasteiger partial charge in [0.05, 0.1) is 12.5 Å². The minimum atomic E-state index is -0.280. The van der Waals surface area contributed by atoms with E-state index in [2.05, 4.69) is 5.32 Å². The third kappa shape index (κ3) is 3.33. The Balaban J connectivity index is 1.88. The molecule has 0 radical (unpaired) electrons. The molecule has 90 valence electrons. The maximum Gasteiger partial charge on any atom is 0.225 e. The van der Waals surface area contributed by atoms with Gasteiger partial charge in [-0.3, -0.25) is 9.59 Å². The van der Waals surface area contributed by atoms with Crippen molar-refractivity contribution in [1.29, 1.82) is 0 Å². The van der Waals surface area contributed by atoms with E-state index in [1.807, 2.05) is 31.2 Å². The highest BCUT2D eigenvalue weighted by atomic mass is 32.2. The SMILES string of the molecule is Cc1ccc(CC(=O)NC2CCSC2=O)cc1. The lowest BCUT2D eigenvalue weighted by Gasteiger charge is -2.10. The molecule has 1 unspecified atom stereocenters. The zero-order valence-corrected chi connectivity index (χ0v) is 10.5. The van der Waals surface area contributed by atoms with Crippen LogP contribution < -0.4 is 5.32 Å². The lowest BCUT2D eigenvalue weighted by molar-refractivity contribution is -0.124. The molecule has 1 amide bonds. The van der Waals surface area contributed by atoms with Gasteiger partial charge >= 0.3 is 0 Å². The average molecular weight is 249 g/mol. The molecule has 1 aromatic rings. The van der Waals surface area contributed by atoms with Gasteiger partial charge in [-0.15, -0.1) is 0 Å². The Hall–Kier alpha value is -1.29. The van der Waals surface area contributed by atoms with Crippen LogP contribution in [0.2, 0.25) is 0 Å². The Morgan fingerprint density at radius 3 is 2.71 bits per heavy atom. The maximum absolute atomic E-state index is 11.7. The molecule has 0 aliphatic carbocycles. The number of aryl methyl sites for hydroxylation is 1. The van der Waals surface area contributed by atoms with Crippen molar-refractivity contribution in [2.45, 2.75) is 25.8 Å². The molecule has 17 heavy (non-hydrogen) atoms. The summed E-state index contributed by atoms with van der Waals surface area (Å²) in [7, 11) is 0. The first-order valence-electron chi connectivity index (χ1n) is 5.67. The van der Waals surface area contributed by atoms with E-state index in [1.165, 1.54) is 17.3 Å². The zero-order chi connectivity index (χ0) is 12.3. The number of amides is 1. The standard InChI is InChI=1S/C13H15NO2S/c1-9-2-4-10(5-3-9)8-12(15)14-11-6-7-17-13(11)16/h2-5,11H,6-8H2,1H3,(H,14,15). The van der Waals surface area contributed by atoms with Gasteiger partial charge in [-0.25, -0.2) is 0 Å². The Labute approximate surface area is 105 Å². The van der Waals surface area contributed by atoms with Crippen LogP contribution >= 0.6 is 11.8 Å². The van der Waals surface area contributed by atoms with E-state index in [-0.39, 0.29) is 17.1 Å². The Kier molecular flexibility index (Phi) is 3.84. The summed E-state index contributed by atoms with van der Waals surface area (Å²) in [4.78, 5) is 23.1. The summed E-state index contributed by atoms with van der Waals surface area (Å²) < 4.78 is 0. The molecule has 0 saturated carbocycles. The number of benzene rings is 1. The minimum absolute atomic E-state index is 0.0743. The maximum atomic E-state index is 11.7. The van der Waals surface area contributed by atoms with E-state index < -0.39 is 0 Å². The van der Waals surface area contributed by atoms with Crippen LogP contribution in [0.3, 0.4) is 0 Å². The number of hydrogen-bond acceptors (Lipinski definition) is 3. The molecule has 1 N–H and O–H groups in total. The molecule has 1 fully saturated rings. The molecule has 3 nitrogen and oxygen atoms in total. The van der Waals surface area contributed by atoms with Gasteiger partial charge in [0.25, 0.3) is 0 Å². The Morgan fingerprint density at radius 1 is 1.41 bits per heavy atom. The van der Waals surface area contributed by atoms with Crippen molar-refractivity contribution in [3.63, 3.8) is 0 Å². The van der Waals surface area contributed by atoms with E-state index >= 15 is 0 Å². The van der Waals surface area contributed by atoms with Crippen molar-refractivity contribution in [1.82, 2.24) is 5.32 Å². The van der Waals surface area contributed by atoms with E-state index in [4.69, 9.17) is 0 Å². The van der Waals surface area contributed by atoms with Gasteiger partial charge in [0.2, 0.25) is 11.0 Å². The fraction of sp³-hybridized carbons (Fsp3) is 0.385. The topological polar surface area (TPSA) is 46.2 Å². The van der Waals surface area contributed by atoms with Crippen LogP contribution in [0.4, 0.5) is 0 Å². The van der Waals surface area contributed by atoms with Crippen LogP contribution in [0.25, 0.3) is 0 Å². The molecule has 1 aromatic carbocycles. The number of thioether (sulfide) groups is 1. The molecule has 1 aliphatic rings. The molecule has 1 saturated heterocycles. The van der Waals surface area contributed by atoms with Crippen LogP contribution in [0.1, 0.15) is 17.5 Å². The predicted octanol–water partition coefficient (Wildman–Crippen LogP) is 1.69. The van der Waals surface area contributed by atoms with Crippen molar-refractivity contribution in [3.8, 4) is 0 Å². The van der Waals surface area contributed by atoms with Crippen LogP contribution in [-0.4, -0.2) is 22.8 Å². The largest absolute Gasteiger partial charge is 0.345 e. The van der Waals surface area contributed by atoms with Crippen molar-refractivity contribution in [3.05, 3.63) is 35.4 Å². The average Bonchev–Trinajstić information content (AvgIpc) is 2.68. The smallest absolute Gasteiger partial charge is 0.225 e. The fourth-order valence-corrected chi connectivity index (χ4v) is 2.70. The number of carbonyl (C=O) groups is 2. The fourth-order valence-electron chi connectivity index (χ4n) is 1.76. The third-order valence-corrected chi connectivity index (χ3v) is 3.76. The van der Waals surface area contributed by atoms with Gasteiger partial charge in [0.1, 0.15) is 0 Å². The molecule has 0 aromatic heterocycles. The second kappa shape index (κ2) is 5.36. The molecule has 0 bridgehead atoms. The second-order valence-electron chi connectivity index (χ2n) is 4.24. The van der Waals surface area contributed by atoms with Gasteiger partial charge in [-0.05, 0) is 18.9 Å². The number of rotatable bonds is 3. The van der Waals surface area contributed by atoms with Gasteiger partial charge in [0.15, 0.2) is 0 Å². The van der Waals surface area contributed by atoms with Gasteiger partial charge in [-0.1, -0.05) is 41.6 Å². The summed E-state index contributed by atoms with van der Waals surface area (Å²) in [5, 5.41) is 2.87. The molecule has 2 rings (SSSR count). The number of carbonyl (C=O) groups excluding carboxylic acids is 2. The zero-order valence-electron chi connectivity index (χ0n) is 9.73. The summed E-state index contributed by atoms with van der Waals surface area (Å²) in [5.74, 6) is 0.739. The molecular formula is C13H15NO2S. The lowest BCUT2D eigenvalue weighted by Crippen LogP contribution is -2.38. The Morgan fingerprint density at radius 2 is 2.12 bits per heavy atom. The van der Waals surface area contributed by atoms with Crippen molar-refractivity contribution in [2.24, 2.45) is 0 Å². The summed E-state index contributed by atoms with van der Waals surface area (Å²) in [6, 6.07) is 7.58. The monoisotopic (exact) mass is 249 g/mol.